The number of imide groups is 1. The van der Waals surface area contributed by atoms with E-state index in [1.807, 2.05) is 32.2 Å². The maximum absolute atomic E-state index is 15.0. The Morgan fingerprint density at radius 2 is 1.54 bits per heavy atom. The molecule has 2 aromatic carbocycles. The highest BCUT2D eigenvalue weighted by Gasteiger charge is 2.33. The predicted octanol–water partition coefficient (Wildman–Crippen LogP) is 6.72. The molecule has 3 saturated heterocycles. The third-order valence-corrected chi connectivity index (χ3v) is 15.3. The Labute approximate surface area is 431 Å². The highest BCUT2D eigenvalue weighted by atomic mass is 19.1. The summed E-state index contributed by atoms with van der Waals surface area (Å²) in [6.07, 6.45) is 10.0. The molecule has 0 bridgehead atoms. The number of aryl methyl sites for hydroxylation is 2. The molecule has 2 aliphatic carbocycles. The van der Waals surface area contributed by atoms with Gasteiger partial charge in [-0.25, -0.2) is 14.2 Å². The van der Waals surface area contributed by atoms with Crippen LogP contribution in [0.25, 0.3) is 16.6 Å². The zero-order valence-electron chi connectivity index (χ0n) is 43.6. The number of hydrogen-bond donors (Lipinski definition) is 3. The Bertz CT molecular complexity index is 3050. The molecule has 1 atom stereocenters. The molecule has 5 aromatic rings. The van der Waals surface area contributed by atoms with Crippen LogP contribution < -0.4 is 37.7 Å². The van der Waals surface area contributed by atoms with E-state index in [1.165, 1.54) is 78.4 Å². The molecule has 3 N–H and O–H groups in total. The van der Waals surface area contributed by atoms with Gasteiger partial charge in [0.15, 0.2) is 0 Å². The van der Waals surface area contributed by atoms with Crippen LogP contribution in [0.1, 0.15) is 107 Å². The third kappa shape index (κ3) is 11.9. The summed E-state index contributed by atoms with van der Waals surface area (Å²) < 4.78 is 18.8. The van der Waals surface area contributed by atoms with E-state index in [1.54, 1.807) is 44.2 Å². The van der Waals surface area contributed by atoms with Gasteiger partial charge in [-0.3, -0.25) is 43.0 Å². The first kappa shape index (κ1) is 53.5. The summed E-state index contributed by atoms with van der Waals surface area (Å²) in [6.45, 7) is 15.4. The van der Waals surface area contributed by atoms with E-state index in [0.29, 0.717) is 68.3 Å². The van der Waals surface area contributed by atoms with Gasteiger partial charge >= 0.3 is 5.69 Å². The van der Waals surface area contributed by atoms with E-state index in [2.05, 4.69) is 42.7 Å². The molecule has 5 aliphatic rings. The highest BCUT2D eigenvalue weighted by molar-refractivity contribution is 6.01. The van der Waals surface area contributed by atoms with Crippen molar-refractivity contribution in [3.05, 3.63) is 114 Å². The Morgan fingerprint density at radius 3 is 2.18 bits per heavy atom. The van der Waals surface area contributed by atoms with Crippen molar-refractivity contribution in [1.82, 2.24) is 33.8 Å². The summed E-state index contributed by atoms with van der Waals surface area (Å²) in [5, 5.41) is 8.41. The normalized spacial score (nSPS) is 20.7. The number of rotatable bonds is 11. The topological polar surface area (TPSA) is 193 Å². The monoisotopic (exact) mass is 1010 g/mol. The van der Waals surface area contributed by atoms with Gasteiger partial charge in [-0.15, -0.1) is 0 Å². The molecule has 18 heteroatoms. The molecule has 2 saturated carbocycles. The van der Waals surface area contributed by atoms with Crippen molar-refractivity contribution in [1.29, 1.82) is 0 Å². The number of nitrogens with one attached hydrogen (secondary N) is 3. The van der Waals surface area contributed by atoms with Crippen LogP contribution in [0.2, 0.25) is 0 Å². The highest BCUT2D eigenvalue weighted by Crippen LogP contribution is 2.35. The van der Waals surface area contributed by atoms with Gasteiger partial charge < -0.3 is 30.1 Å². The fourth-order valence-corrected chi connectivity index (χ4v) is 10.7. The van der Waals surface area contributed by atoms with Crippen LogP contribution in [0.5, 0.6) is 0 Å². The lowest BCUT2D eigenvalue weighted by Gasteiger charge is -2.38. The summed E-state index contributed by atoms with van der Waals surface area (Å²) in [7, 11) is 3.70. The minimum atomic E-state index is -0.593. The van der Waals surface area contributed by atoms with Gasteiger partial charge in [-0.1, -0.05) is 32.0 Å². The largest absolute Gasteiger partial charge is 0.357 e. The Hall–Kier alpha value is -6.79. The first-order valence-corrected chi connectivity index (χ1v) is 26.4. The van der Waals surface area contributed by atoms with Crippen LogP contribution in [0, 0.1) is 37.4 Å². The number of hydrogen-bond acceptors (Lipinski definition) is 12. The molecule has 17 nitrogen and oxygen atoms in total. The van der Waals surface area contributed by atoms with Crippen molar-refractivity contribution in [2.75, 3.05) is 68.4 Å². The smallest absolute Gasteiger partial charge is 0.336 e. The van der Waals surface area contributed by atoms with Gasteiger partial charge in [0, 0.05) is 94.6 Å². The number of carbonyl (C=O) groups excluding carboxylic acids is 4. The second-order valence-electron chi connectivity index (χ2n) is 20.5. The fourth-order valence-electron chi connectivity index (χ4n) is 10.7. The van der Waals surface area contributed by atoms with Crippen LogP contribution in [0.4, 0.5) is 27.4 Å². The van der Waals surface area contributed by atoms with Crippen LogP contribution >= 0.6 is 0 Å². The number of fused-ring (bicyclic) bond motifs is 1. The number of piperazine rings is 1. The summed E-state index contributed by atoms with van der Waals surface area (Å²) in [5.74, 6) is 0.264. The average molecular weight is 1020 g/mol. The van der Waals surface area contributed by atoms with Crippen LogP contribution in [0.3, 0.4) is 0 Å². The first-order valence-electron chi connectivity index (χ1n) is 26.4. The first-order chi connectivity index (χ1) is 35.7. The molecule has 3 aromatic heterocycles. The predicted molar refractivity (Wildman–Crippen MR) is 286 cm³/mol. The van der Waals surface area contributed by atoms with E-state index in [-0.39, 0.29) is 69.5 Å². The number of likely N-dealkylation sites (N-methyl/N-ethyl adjacent to an activating group) is 1. The van der Waals surface area contributed by atoms with Crippen molar-refractivity contribution >= 4 is 57.9 Å². The van der Waals surface area contributed by atoms with Crippen LogP contribution in [-0.4, -0.2) is 105 Å². The molecule has 3 aliphatic heterocycles. The summed E-state index contributed by atoms with van der Waals surface area (Å²) in [5.41, 5.74) is 1.19. The second-order valence-corrected chi connectivity index (χ2v) is 20.5. The van der Waals surface area contributed by atoms with E-state index in [9.17, 15) is 38.0 Å². The molecule has 0 spiro atoms. The number of nitrogens with zero attached hydrogens (tertiary/aromatic N) is 7. The summed E-state index contributed by atoms with van der Waals surface area (Å²) in [6, 6.07) is 15.0. The van der Waals surface area contributed by atoms with Crippen molar-refractivity contribution < 1.29 is 23.6 Å². The summed E-state index contributed by atoms with van der Waals surface area (Å²) in [4.78, 5) is 101. The molecular weight excluding hydrogens is 944 g/mol. The lowest BCUT2D eigenvalue weighted by atomic mass is 9.82. The number of carbonyl (C=O) groups is 4. The second kappa shape index (κ2) is 23.6. The van der Waals surface area contributed by atoms with Crippen molar-refractivity contribution in [3.8, 4) is 5.69 Å². The molecule has 74 heavy (non-hydrogen) atoms. The average Bonchev–Trinajstić information content (AvgIpc) is 4.26. The van der Waals surface area contributed by atoms with Crippen molar-refractivity contribution in [2.45, 2.75) is 104 Å². The Kier molecular flexibility index (Phi) is 17.1. The lowest BCUT2D eigenvalue weighted by Crippen LogP contribution is -2.47. The van der Waals surface area contributed by atoms with Gasteiger partial charge in [0.25, 0.3) is 11.1 Å². The van der Waals surface area contributed by atoms with E-state index < -0.39 is 22.6 Å². The standard InChI is InChI=1S/C33H34FN5O5.C21H31N5O2.C2H6/c1-18-7-14-26(25(34)15-18)36-29-27-28(19(2)31(42)37(29)3)38(33(44)39(32(27)43)23-12-13-23)24-6-4-5-22(16-24)35-30(41)21-10-8-20(17-40)9-11-21;1-24-10-12-25(13-11-24)15-16-6-8-26(9-7-16)19-4-2-17(14-22-19)18-3-5-20(27)23-21(18)28;1-2/h4-7,14-17,20-21,23,36H,8-13H2,1-3H3,(H,35,41);2,4,14,16,18H,3,5-13,15H2,1H3,(H,23,27,28);1-2H3. The molecule has 0 radical (unpaired) electrons. The molecule has 5 fully saturated rings. The molecule has 10 rings (SSSR count). The van der Waals surface area contributed by atoms with Gasteiger partial charge in [0.05, 0.1) is 22.8 Å². The zero-order valence-corrected chi connectivity index (χ0v) is 43.6. The third-order valence-electron chi connectivity index (χ3n) is 15.3. The lowest BCUT2D eigenvalue weighted by molar-refractivity contribution is -0.134. The number of aromatic nitrogens is 4. The van der Waals surface area contributed by atoms with Gasteiger partial charge in [0.2, 0.25) is 17.7 Å². The Morgan fingerprint density at radius 1 is 0.824 bits per heavy atom. The van der Waals surface area contributed by atoms with Gasteiger partial charge in [-0.05, 0) is 132 Å². The van der Waals surface area contributed by atoms with Crippen LogP contribution in [0.15, 0.2) is 75.2 Å². The number of piperidine rings is 2. The molecule has 394 valence electrons. The Balaban J connectivity index is 0.000000209. The van der Waals surface area contributed by atoms with Gasteiger partial charge in [0.1, 0.15) is 29.1 Å². The SMILES string of the molecule is CC.CN1CCN(CC2CCN(c3ccc(C4CCC(=O)NC4=O)cn3)CC2)CC1.Cc1ccc(Nc2c3c(=O)n(C4CC4)c(=O)n(-c4cccc(NC(=O)C5CCC(C=O)CC5)c4)c3c(C)c(=O)n2C)c(F)c1. The maximum atomic E-state index is 15.0. The number of benzene rings is 2. The number of amides is 3. The van der Waals surface area contributed by atoms with Gasteiger partial charge in [-0.2, -0.15) is 0 Å². The molecule has 6 heterocycles. The van der Waals surface area contributed by atoms with E-state index >= 15 is 0 Å². The molecule has 1 unspecified atom stereocenters. The number of aldehydes is 1. The summed E-state index contributed by atoms with van der Waals surface area (Å²) >= 11 is 0. The van der Waals surface area contributed by atoms with E-state index in [4.69, 9.17) is 0 Å². The minimum absolute atomic E-state index is 0.0116. The van der Waals surface area contributed by atoms with Crippen molar-refractivity contribution in [3.63, 3.8) is 0 Å². The van der Waals surface area contributed by atoms with Crippen LogP contribution in [-0.2, 0) is 26.2 Å². The quantitative estimate of drug-likeness (QED) is 0.0936. The molecular formula is C56H71FN10O7. The number of halogens is 1. The molecule has 3 amide bonds. The number of pyridine rings is 2. The zero-order chi connectivity index (χ0) is 52.8. The fraction of sp³-hybridized carbons (Fsp3) is 0.500. The van der Waals surface area contributed by atoms with E-state index in [0.717, 1.165) is 36.7 Å². The maximum Gasteiger partial charge on any atom is 0.336 e. The number of anilines is 4. The minimum Gasteiger partial charge on any atom is -0.357 e. The van der Waals surface area contributed by atoms with Crippen molar-refractivity contribution in [2.24, 2.45) is 24.8 Å².